The second-order valence-electron chi connectivity index (χ2n) is 11.2. The first kappa shape index (κ1) is 27.3. The monoisotopic (exact) mass is 552 g/mol. The molecule has 0 saturated carbocycles. The van der Waals surface area contributed by atoms with Crippen LogP contribution < -0.4 is 0 Å². The van der Waals surface area contributed by atoms with Gasteiger partial charge in [0, 0.05) is 29.4 Å². The lowest BCUT2D eigenvalue weighted by Gasteiger charge is -2.16. The predicted octanol–water partition coefficient (Wildman–Crippen LogP) is 7.91. The Hall–Kier alpha value is -4.83. The molecule has 6 rings (SSSR count). The number of benzene rings is 4. The van der Waals surface area contributed by atoms with Crippen molar-refractivity contribution in [2.45, 2.75) is 38.2 Å². The van der Waals surface area contributed by atoms with Crippen molar-refractivity contribution < 1.29 is 19.1 Å². The maximum Gasteiger partial charge on any atom is 0.310 e. The summed E-state index contributed by atoms with van der Waals surface area (Å²) < 4.78 is 5.97. The molecule has 1 saturated heterocycles. The van der Waals surface area contributed by atoms with E-state index in [-0.39, 0.29) is 35.8 Å². The van der Waals surface area contributed by atoms with Gasteiger partial charge in [0.25, 0.3) is 0 Å². The van der Waals surface area contributed by atoms with Gasteiger partial charge in [0.1, 0.15) is 6.10 Å². The normalized spacial score (nSPS) is 21.0. The average Bonchev–Trinajstić information content (AvgIpc) is 3.50. The number of hydrogen-bond acceptors (Lipinski definition) is 4. The van der Waals surface area contributed by atoms with E-state index >= 15 is 0 Å². The molecule has 4 nitrogen and oxygen atoms in total. The molecule has 4 aromatic rings. The lowest BCUT2D eigenvalue weighted by molar-refractivity contribution is -0.143. The van der Waals surface area contributed by atoms with Crippen LogP contribution in [0.2, 0.25) is 0 Å². The second kappa shape index (κ2) is 11.6. The molecule has 0 N–H and O–H groups in total. The summed E-state index contributed by atoms with van der Waals surface area (Å²) in [6.07, 6.45) is 7.17. The highest BCUT2D eigenvalue weighted by Crippen LogP contribution is 2.55. The molecular weight excluding hydrogens is 520 g/mol. The van der Waals surface area contributed by atoms with Gasteiger partial charge in [-0.1, -0.05) is 120 Å². The van der Waals surface area contributed by atoms with Gasteiger partial charge >= 0.3 is 5.97 Å². The Labute approximate surface area is 246 Å². The molecule has 0 spiro atoms. The summed E-state index contributed by atoms with van der Waals surface area (Å²) in [5.74, 6) is -1.10. The molecule has 0 aromatic heterocycles. The molecule has 1 aliphatic carbocycles. The smallest absolute Gasteiger partial charge is 0.310 e. The minimum atomic E-state index is -0.454. The van der Waals surface area contributed by atoms with E-state index in [4.69, 9.17) is 4.74 Å². The zero-order valence-corrected chi connectivity index (χ0v) is 23.7. The molecule has 42 heavy (non-hydrogen) atoms. The molecular formula is C38H32O4. The Kier molecular flexibility index (Phi) is 7.54. The van der Waals surface area contributed by atoms with Gasteiger partial charge < -0.3 is 4.74 Å². The van der Waals surface area contributed by atoms with Crippen molar-refractivity contribution in [2.75, 3.05) is 0 Å². The lowest BCUT2D eigenvalue weighted by atomic mass is 9.82. The second-order valence-corrected chi connectivity index (χ2v) is 11.2. The van der Waals surface area contributed by atoms with Crippen molar-refractivity contribution in [1.82, 2.24) is 0 Å². The van der Waals surface area contributed by atoms with Gasteiger partial charge in [-0.25, -0.2) is 0 Å². The first-order chi connectivity index (χ1) is 20.4. The predicted molar refractivity (Wildman–Crippen MR) is 165 cm³/mol. The zero-order chi connectivity index (χ0) is 29.2. The van der Waals surface area contributed by atoms with E-state index in [0.29, 0.717) is 11.1 Å². The average molecular weight is 553 g/mol. The molecule has 4 atom stereocenters. The van der Waals surface area contributed by atoms with Crippen LogP contribution in [-0.4, -0.2) is 23.6 Å². The van der Waals surface area contributed by atoms with Gasteiger partial charge in [-0.15, -0.1) is 0 Å². The molecule has 1 fully saturated rings. The fraction of sp³-hybridized carbons (Fsp3) is 0.184. The number of ether oxygens (including phenoxy) is 1. The van der Waals surface area contributed by atoms with Gasteiger partial charge in [0.2, 0.25) is 0 Å². The number of ketones is 2. The molecule has 0 radical (unpaired) electrons. The van der Waals surface area contributed by atoms with Crippen molar-refractivity contribution in [3.63, 3.8) is 0 Å². The number of esters is 1. The van der Waals surface area contributed by atoms with E-state index in [1.165, 1.54) is 0 Å². The number of fused-ring (bicyclic) bond motifs is 3. The van der Waals surface area contributed by atoms with Crippen molar-refractivity contribution >= 4 is 29.7 Å². The third kappa shape index (κ3) is 5.40. The highest BCUT2D eigenvalue weighted by atomic mass is 16.6. The minimum absolute atomic E-state index is 0.0293. The zero-order valence-electron chi connectivity index (χ0n) is 23.7. The van der Waals surface area contributed by atoms with E-state index in [1.807, 2.05) is 98.8 Å². The number of allylic oxidation sites excluding steroid dienone is 1. The molecule has 0 unspecified atom stereocenters. The van der Waals surface area contributed by atoms with Crippen LogP contribution in [0.3, 0.4) is 0 Å². The summed E-state index contributed by atoms with van der Waals surface area (Å²) in [6.45, 7) is 4.05. The Morgan fingerprint density at radius 2 is 1.38 bits per heavy atom. The summed E-state index contributed by atoms with van der Waals surface area (Å²) >= 11 is 0. The third-order valence-corrected chi connectivity index (χ3v) is 8.38. The van der Waals surface area contributed by atoms with Gasteiger partial charge in [-0.3, -0.25) is 14.4 Å². The van der Waals surface area contributed by atoms with Crippen molar-refractivity contribution in [3.05, 3.63) is 154 Å². The van der Waals surface area contributed by atoms with Crippen LogP contribution in [0.25, 0.3) is 12.2 Å². The van der Waals surface area contributed by atoms with Crippen LogP contribution in [0.4, 0.5) is 0 Å². The number of cyclic esters (lactones) is 1. The van der Waals surface area contributed by atoms with Crippen LogP contribution in [0, 0.1) is 19.8 Å². The van der Waals surface area contributed by atoms with Crippen molar-refractivity contribution in [1.29, 1.82) is 0 Å². The Morgan fingerprint density at radius 3 is 2.12 bits per heavy atom. The number of rotatable bonds is 8. The molecule has 1 aliphatic heterocycles. The Morgan fingerprint density at radius 1 is 0.714 bits per heavy atom. The van der Waals surface area contributed by atoms with Crippen LogP contribution >= 0.6 is 0 Å². The summed E-state index contributed by atoms with van der Waals surface area (Å²) in [7, 11) is 0. The first-order valence-electron chi connectivity index (χ1n) is 14.3. The van der Waals surface area contributed by atoms with Gasteiger partial charge in [-0.2, -0.15) is 0 Å². The molecule has 4 heteroatoms. The molecule has 4 aromatic carbocycles. The topological polar surface area (TPSA) is 60.4 Å². The van der Waals surface area contributed by atoms with Crippen molar-refractivity contribution in [2.24, 2.45) is 5.92 Å². The Balaban J connectivity index is 1.28. The summed E-state index contributed by atoms with van der Waals surface area (Å²) in [4.78, 5) is 39.3. The maximum atomic E-state index is 13.4. The number of carbonyl (C=O) groups is 3. The van der Waals surface area contributed by atoms with Gasteiger partial charge in [0.15, 0.2) is 11.6 Å². The fourth-order valence-electron chi connectivity index (χ4n) is 6.32. The van der Waals surface area contributed by atoms with Crippen LogP contribution in [0.1, 0.15) is 72.4 Å². The summed E-state index contributed by atoms with van der Waals surface area (Å²) in [6, 6.07) is 30.8. The fourth-order valence-corrected chi connectivity index (χ4v) is 6.32. The number of Topliss-reactive ketones (excluding diaryl/α,β-unsaturated/α-hetero) is 1. The van der Waals surface area contributed by atoms with E-state index in [1.54, 1.807) is 18.2 Å². The first-order valence-corrected chi connectivity index (χ1v) is 14.3. The highest BCUT2D eigenvalue weighted by molar-refractivity contribution is 6.07. The maximum absolute atomic E-state index is 13.4. The molecule has 208 valence electrons. The standard InChI is InChI=1S/C38H32O4/c1-24-13-15-26(29(21-24)16-19-33(39)27-9-5-3-6-10-27)17-20-35-36-30-18-14-25(2)22-31(30)32(37(36)38(41)42-35)23-34(40)28-11-7-4-8-12-28/h3-22,32,35-37H,23H2,1-2H3/b19-16+,20-17+/t32-,35+,36-,37-/m0/s1. The molecule has 0 amide bonds. The number of hydrogen-bond donors (Lipinski definition) is 0. The highest BCUT2D eigenvalue weighted by Gasteiger charge is 2.54. The van der Waals surface area contributed by atoms with Crippen molar-refractivity contribution in [3.8, 4) is 0 Å². The van der Waals surface area contributed by atoms with E-state index in [9.17, 15) is 14.4 Å². The summed E-state index contributed by atoms with van der Waals surface area (Å²) in [5.41, 5.74) is 7.46. The Bertz CT molecular complexity index is 1710. The molecule has 1 heterocycles. The minimum Gasteiger partial charge on any atom is -0.457 e. The SMILES string of the molecule is Cc1ccc(/C=C/[C@H]2OC(=O)[C@@H]3[C@H]2c2ccc(C)cc2[C@@H]3CC(=O)c2ccccc2)c(/C=C/C(=O)c2ccccc2)c1. The van der Waals surface area contributed by atoms with E-state index in [0.717, 1.165) is 33.4 Å². The van der Waals surface area contributed by atoms with Crippen LogP contribution in [-0.2, 0) is 9.53 Å². The van der Waals surface area contributed by atoms with Crippen LogP contribution in [0.5, 0.6) is 0 Å². The molecule has 2 aliphatic rings. The van der Waals surface area contributed by atoms with E-state index in [2.05, 4.69) is 18.2 Å². The van der Waals surface area contributed by atoms with Gasteiger partial charge in [0.05, 0.1) is 5.92 Å². The third-order valence-electron chi connectivity index (χ3n) is 8.38. The number of aryl methyl sites for hydroxylation is 2. The molecule has 0 bridgehead atoms. The van der Waals surface area contributed by atoms with Gasteiger partial charge in [-0.05, 0) is 48.3 Å². The van der Waals surface area contributed by atoms with Crippen LogP contribution in [0.15, 0.2) is 109 Å². The summed E-state index contributed by atoms with van der Waals surface area (Å²) in [5, 5.41) is 0. The lowest BCUT2D eigenvalue weighted by Crippen LogP contribution is -2.19. The quantitative estimate of drug-likeness (QED) is 0.127. The van der Waals surface area contributed by atoms with E-state index < -0.39 is 12.0 Å². The number of carbonyl (C=O) groups excluding carboxylic acids is 3. The largest absolute Gasteiger partial charge is 0.457 e.